The molecule has 2 rings (SSSR count). The van der Waals surface area contributed by atoms with Gasteiger partial charge in [-0.3, -0.25) is 0 Å². The van der Waals surface area contributed by atoms with Crippen LogP contribution in [0.3, 0.4) is 0 Å². The molecule has 0 aliphatic rings. The number of nitrogens with two attached hydrogens (primary N) is 1. The van der Waals surface area contributed by atoms with Gasteiger partial charge in [-0.25, -0.2) is 0 Å². The molecule has 0 heterocycles. The normalized spacial score (nSPS) is 11.7. The zero-order valence-electron chi connectivity index (χ0n) is 11.3. The zero-order chi connectivity index (χ0) is 14.5. The fraction of sp³-hybridized carbons (Fsp3) is 0.188. The van der Waals surface area contributed by atoms with Crippen molar-refractivity contribution in [3.8, 4) is 6.07 Å². The van der Waals surface area contributed by atoms with Crippen LogP contribution in [-0.2, 0) is 0 Å². The third-order valence-corrected chi connectivity index (χ3v) is 4.08. The molecule has 0 saturated heterocycles. The molecular weight excluding hydrogens is 314 g/mol. The number of anilines is 1. The van der Waals surface area contributed by atoms with Gasteiger partial charge >= 0.3 is 0 Å². The van der Waals surface area contributed by atoms with Crippen molar-refractivity contribution in [2.24, 2.45) is 5.73 Å². The molecule has 0 fully saturated rings. The molecular formula is C16H16BrN3. The van der Waals surface area contributed by atoms with Crippen molar-refractivity contribution < 1.29 is 0 Å². The number of benzene rings is 2. The molecule has 2 aromatic carbocycles. The minimum Gasteiger partial charge on any atom is -0.366 e. The molecule has 0 spiro atoms. The second-order valence-electron chi connectivity index (χ2n) is 4.54. The van der Waals surface area contributed by atoms with Crippen LogP contribution in [0.4, 0.5) is 5.69 Å². The molecule has 0 radical (unpaired) electrons. The van der Waals surface area contributed by atoms with Gasteiger partial charge in [0.2, 0.25) is 0 Å². The van der Waals surface area contributed by atoms with Crippen LogP contribution in [0, 0.1) is 11.3 Å². The van der Waals surface area contributed by atoms with Crippen LogP contribution < -0.4 is 10.6 Å². The van der Waals surface area contributed by atoms with E-state index in [4.69, 9.17) is 11.0 Å². The lowest BCUT2D eigenvalue weighted by atomic mass is 10.0. The fourth-order valence-corrected chi connectivity index (χ4v) is 2.74. The van der Waals surface area contributed by atoms with Crippen molar-refractivity contribution in [1.29, 1.82) is 5.26 Å². The van der Waals surface area contributed by atoms with E-state index >= 15 is 0 Å². The van der Waals surface area contributed by atoms with Gasteiger partial charge in [0.25, 0.3) is 0 Å². The van der Waals surface area contributed by atoms with E-state index in [1.54, 1.807) is 0 Å². The summed E-state index contributed by atoms with van der Waals surface area (Å²) in [5.41, 5.74) is 8.80. The topological polar surface area (TPSA) is 53.0 Å². The SMILES string of the molecule is CN(c1ccc(C#N)cc1)C(CN)c1ccccc1Br. The molecule has 0 bridgehead atoms. The molecule has 20 heavy (non-hydrogen) atoms. The number of likely N-dealkylation sites (N-methyl/N-ethyl adjacent to an activating group) is 1. The van der Waals surface area contributed by atoms with Crippen molar-refractivity contribution in [3.05, 3.63) is 64.1 Å². The Bertz CT molecular complexity index is 616. The summed E-state index contributed by atoms with van der Waals surface area (Å²) in [5.74, 6) is 0. The number of hydrogen-bond donors (Lipinski definition) is 1. The smallest absolute Gasteiger partial charge is 0.0991 e. The van der Waals surface area contributed by atoms with Crippen LogP contribution in [0.25, 0.3) is 0 Å². The maximum Gasteiger partial charge on any atom is 0.0991 e. The second kappa shape index (κ2) is 6.56. The van der Waals surface area contributed by atoms with E-state index in [0.717, 1.165) is 15.7 Å². The lowest BCUT2D eigenvalue weighted by Gasteiger charge is -2.30. The molecule has 102 valence electrons. The largest absolute Gasteiger partial charge is 0.366 e. The Kier molecular flexibility index (Phi) is 4.78. The Labute approximate surface area is 127 Å². The Hall–Kier alpha value is -1.83. The van der Waals surface area contributed by atoms with Crippen LogP contribution in [-0.4, -0.2) is 13.6 Å². The third-order valence-electron chi connectivity index (χ3n) is 3.36. The van der Waals surface area contributed by atoms with Gasteiger partial charge in [0.05, 0.1) is 17.7 Å². The maximum atomic E-state index is 8.85. The highest BCUT2D eigenvalue weighted by atomic mass is 79.9. The van der Waals surface area contributed by atoms with Crippen molar-refractivity contribution in [3.63, 3.8) is 0 Å². The maximum absolute atomic E-state index is 8.85. The molecule has 4 heteroatoms. The summed E-state index contributed by atoms with van der Waals surface area (Å²) in [6.45, 7) is 0.513. The van der Waals surface area contributed by atoms with Crippen LogP contribution in [0.1, 0.15) is 17.2 Å². The molecule has 3 nitrogen and oxygen atoms in total. The van der Waals surface area contributed by atoms with E-state index in [9.17, 15) is 0 Å². The highest BCUT2D eigenvalue weighted by Gasteiger charge is 2.18. The average Bonchev–Trinajstić information content (AvgIpc) is 2.50. The molecule has 0 aromatic heterocycles. The van der Waals surface area contributed by atoms with E-state index in [0.29, 0.717) is 12.1 Å². The number of rotatable bonds is 4. The Morgan fingerprint density at radius 1 is 1.20 bits per heavy atom. The van der Waals surface area contributed by atoms with Crippen LogP contribution >= 0.6 is 15.9 Å². The predicted molar refractivity (Wildman–Crippen MR) is 85.5 cm³/mol. The van der Waals surface area contributed by atoms with E-state index < -0.39 is 0 Å². The van der Waals surface area contributed by atoms with Gasteiger partial charge in [0, 0.05) is 23.8 Å². The van der Waals surface area contributed by atoms with Gasteiger partial charge in [-0.05, 0) is 35.9 Å². The van der Waals surface area contributed by atoms with Crippen LogP contribution in [0.5, 0.6) is 0 Å². The van der Waals surface area contributed by atoms with E-state index in [2.05, 4.69) is 33.0 Å². The summed E-state index contributed by atoms with van der Waals surface area (Å²) >= 11 is 3.58. The first-order valence-corrected chi connectivity index (χ1v) is 7.14. The first-order chi connectivity index (χ1) is 9.67. The molecule has 0 amide bonds. The lowest BCUT2D eigenvalue weighted by Crippen LogP contribution is -2.30. The first kappa shape index (κ1) is 14.6. The molecule has 0 aliphatic heterocycles. The van der Waals surface area contributed by atoms with Gasteiger partial charge in [0.15, 0.2) is 0 Å². The minimum absolute atomic E-state index is 0.0820. The highest BCUT2D eigenvalue weighted by Crippen LogP contribution is 2.29. The summed E-state index contributed by atoms with van der Waals surface area (Å²) in [7, 11) is 2.01. The first-order valence-electron chi connectivity index (χ1n) is 6.35. The molecule has 2 N–H and O–H groups in total. The van der Waals surface area contributed by atoms with Gasteiger partial charge in [-0.15, -0.1) is 0 Å². The van der Waals surface area contributed by atoms with Gasteiger partial charge in [-0.2, -0.15) is 5.26 Å². The summed E-state index contributed by atoms with van der Waals surface area (Å²) in [6.07, 6.45) is 0. The number of halogens is 1. The van der Waals surface area contributed by atoms with Gasteiger partial charge in [-0.1, -0.05) is 34.1 Å². The average molecular weight is 330 g/mol. The van der Waals surface area contributed by atoms with E-state index in [1.807, 2.05) is 49.5 Å². The second-order valence-corrected chi connectivity index (χ2v) is 5.40. The van der Waals surface area contributed by atoms with Crippen LogP contribution in [0.15, 0.2) is 53.0 Å². The quantitative estimate of drug-likeness (QED) is 0.934. The number of nitriles is 1. The molecule has 1 atom stereocenters. The summed E-state index contributed by atoms with van der Waals surface area (Å²) in [6, 6.07) is 17.8. The van der Waals surface area contributed by atoms with E-state index in [1.165, 1.54) is 0 Å². The zero-order valence-corrected chi connectivity index (χ0v) is 12.8. The summed E-state index contributed by atoms with van der Waals surface area (Å²) < 4.78 is 1.05. The Balaban J connectivity index is 2.31. The Morgan fingerprint density at radius 2 is 1.85 bits per heavy atom. The standard InChI is InChI=1S/C16H16BrN3/c1-20(13-8-6-12(10-18)7-9-13)16(11-19)14-4-2-3-5-15(14)17/h2-9,16H,11,19H2,1H3. The van der Waals surface area contributed by atoms with Crippen LogP contribution in [0.2, 0.25) is 0 Å². The minimum atomic E-state index is 0.0820. The molecule has 0 saturated carbocycles. The third kappa shape index (κ3) is 3.01. The summed E-state index contributed by atoms with van der Waals surface area (Å²) in [4.78, 5) is 2.13. The van der Waals surface area contributed by atoms with Crippen molar-refractivity contribution >= 4 is 21.6 Å². The van der Waals surface area contributed by atoms with Gasteiger partial charge in [0.1, 0.15) is 0 Å². The molecule has 1 unspecified atom stereocenters. The predicted octanol–water partition coefficient (Wildman–Crippen LogP) is 3.46. The van der Waals surface area contributed by atoms with E-state index in [-0.39, 0.29) is 6.04 Å². The summed E-state index contributed by atoms with van der Waals surface area (Å²) in [5, 5.41) is 8.85. The van der Waals surface area contributed by atoms with Crippen molar-refractivity contribution in [1.82, 2.24) is 0 Å². The molecule has 2 aromatic rings. The molecule has 0 aliphatic carbocycles. The van der Waals surface area contributed by atoms with Crippen molar-refractivity contribution in [2.45, 2.75) is 6.04 Å². The monoisotopic (exact) mass is 329 g/mol. The highest BCUT2D eigenvalue weighted by molar-refractivity contribution is 9.10. The number of hydrogen-bond acceptors (Lipinski definition) is 3. The Morgan fingerprint density at radius 3 is 2.40 bits per heavy atom. The lowest BCUT2D eigenvalue weighted by molar-refractivity contribution is 0.678. The number of nitrogens with zero attached hydrogens (tertiary/aromatic N) is 2. The van der Waals surface area contributed by atoms with Crippen molar-refractivity contribution in [2.75, 3.05) is 18.5 Å². The fourth-order valence-electron chi connectivity index (χ4n) is 2.19. The van der Waals surface area contributed by atoms with Gasteiger partial charge < -0.3 is 10.6 Å².